The lowest BCUT2D eigenvalue weighted by molar-refractivity contribution is -0.149. The Labute approximate surface area is 128 Å². The Morgan fingerprint density at radius 1 is 1.09 bits per heavy atom. The van der Waals surface area contributed by atoms with Gasteiger partial charge in [0.15, 0.2) is 6.04 Å². The first-order chi connectivity index (χ1) is 10.3. The van der Waals surface area contributed by atoms with Gasteiger partial charge in [0.1, 0.15) is 12.6 Å². The molecule has 0 fully saturated rings. The number of nitrogens with one attached hydrogen (secondary N) is 2. The number of esters is 1. The van der Waals surface area contributed by atoms with Crippen molar-refractivity contribution in [2.45, 2.75) is 45.2 Å². The molecule has 5 N–H and O–H groups in total. The van der Waals surface area contributed by atoms with Crippen molar-refractivity contribution < 1.29 is 29.0 Å². The Hall–Kier alpha value is -2.16. The van der Waals surface area contributed by atoms with Crippen LogP contribution in [0.5, 0.6) is 0 Å². The summed E-state index contributed by atoms with van der Waals surface area (Å²) in [5.74, 6) is -3.04. The lowest BCUT2D eigenvalue weighted by Gasteiger charge is -2.20. The third kappa shape index (κ3) is 8.90. The molecule has 0 bridgehead atoms. The summed E-state index contributed by atoms with van der Waals surface area (Å²) in [5, 5.41) is 13.7. The summed E-state index contributed by atoms with van der Waals surface area (Å²) in [6, 6.07) is -2.23. The second-order valence-electron chi connectivity index (χ2n) is 4.74. The number of carboxylic acid groups (broad SMARTS) is 1. The highest BCUT2D eigenvalue weighted by atomic mass is 16.5. The summed E-state index contributed by atoms with van der Waals surface area (Å²) in [7, 11) is 0. The van der Waals surface area contributed by atoms with Gasteiger partial charge in [-0.05, 0) is 25.8 Å². The van der Waals surface area contributed by atoms with Gasteiger partial charge in [0.25, 0.3) is 0 Å². The van der Waals surface area contributed by atoms with Crippen LogP contribution in [0.25, 0.3) is 0 Å². The molecule has 0 aliphatic heterocycles. The molecule has 0 aliphatic rings. The zero-order chi connectivity index (χ0) is 17.1. The van der Waals surface area contributed by atoms with Crippen LogP contribution in [0.3, 0.4) is 0 Å². The molecule has 0 aromatic rings. The summed E-state index contributed by atoms with van der Waals surface area (Å²) in [6.45, 7) is 2.37. The molecule has 2 amide bonds. The number of ether oxygens (including phenoxy) is 1. The lowest BCUT2D eigenvalue weighted by atomic mass is 10.1. The van der Waals surface area contributed by atoms with Crippen LogP contribution in [0.2, 0.25) is 0 Å². The van der Waals surface area contributed by atoms with Gasteiger partial charge in [-0.2, -0.15) is 0 Å². The number of aliphatic carboxylic acids is 1. The van der Waals surface area contributed by atoms with E-state index in [1.807, 2.05) is 0 Å². The van der Waals surface area contributed by atoms with E-state index in [1.165, 1.54) is 6.92 Å². The minimum atomic E-state index is -1.37. The maximum Gasteiger partial charge on any atom is 0.329 e. The van der Waals surface area contributed by atoms with Crippen molar-refractivity contribution in [1.82, 2.24) is 10.6 Å². The van der Waals surface area contributed by atoms with Gasteiger partial charge in [-0.1, -0.05) is 0 Å². The van der Waals surface area contributed by atoms with Crippen molar-refractivity contribution >= 4 is 23.8 Å². The van der Waals surface area contributed by atoms with Crippen LogP contribution >= 0.6 is 0 Å². The molecule has 0 spiro atoms. The van der Waals surface area contributed by atoms with Crippen molar-refractivity contribution in [2.75, 3.05) is 13.2 Å². The van der Waals surface area contributed by atoms with Gasteiger partial charge in [-0.3, -0.25) is 14.4 Å². The Bertz CT molecular complexity index is 413. The summed E-state index contributed by atoms with van der Waals surface area (Å²) < 4.78 is 4.59. The molecule has 0 aromatic carbocycles. The van der Waals surface area contributed by atoms with Crippen molar-refractivity contribution in [1.29, 1.82) is 0 Å². The summed E-state index contributed by atoms with van der Waals surface area (Å²) in [4.78, 5) is 45.0. The van der Waals surface area contributed by atoms with E-state index in [-0.39, 0.29) is 0 Å². The van der Waals surface area contributed by atoms with Gasteiger partial charge < -0.3 is 26.2 Å². The van der Waals surface area contributed by atoms with E-state index < -0.39 is 42.4 Å². The van der Waals surface area contributed by atoms with Crippen LogP contribution in [-0.4, -0.2) is 54.1 Å². The van der Waals surface area contributed by atoms with E-state index in [9.17, 15) is 19.2 Å². The molecule has 0 rings (SSSR count). The van der Waals surface area contributed by atoms with Crippen LogP contribution in [-0.2, 0) is 23.9 Å². The molecule has 0 radical (unpaired) electrons. The number of amides is 2. The fraction of sp³-hybridized carbons (Fsp3) is 0.692. The summed E-state index contributed by atoms with van der Waals surface area (Å²) in [5.41, 5.74) is 5.37. The second kappa shape index (κ2) is 10.6. The maximum absolute atomic E-state index is 12.1. The average Bonchev–Trinajstić information content (AvgIpc) is 2.41. The van der Waals surface area contributed by atoms with Crippen LogP contribution in [0, 0.1) is 0 Å². The number of nitrogens with two attached hydrogens (primary N) is 1. The molecule has 0 unspecified atom stereocenters. The van der Waals surface area contributed by atoms with Gasteiger partial charge >= 0.3 is 11.9 Å². The van der Waals surface area contributed by atoms with Crippen LogP contribution in [0.15, 0.2) is 0 Å². The Morgan fingerprint density at radius 2 is 1.73 bits per heavy atom. The zero-order valence-corrected chi connectivity index (χ0v) is 12.8. The van der Waals surface area contributed by atoms with E-state index in [4.69, 9.17) is 10.8 Å². The standard InChI is InChI=1S/C13H23N3O6/c1-8(17)15-10(5-3-4-6-14)12(19)16-11(13(20)21)7-22-9(2)18/h10-11H,3-7,14H2,1-2H3,(H,15,17)(H,16,19)(H,20,21)/t10-,11-/m0/s1. The summed E-state index contributed by atoms with van der Waals surface area (Å²) in [6.07, 6.45) is 1.62. The number of hydrogen-bond donors (Lipinski definition) is 4. The topological polar surface area (TPSA) is 148 Å². The smallest absolute Gasteiger partial charge is 0.329 e. The fourth-order valence-electron chi connectivity index (χ4n) is 1.65. The molecule has 0 saturated carbocycles. The second-order valence-corrected chi connectivity index (χ2v) is 4.74. The van der Waals surface area contributed by atoms with E-state index >= 15 is 0 Å². The third-order valence-electron chi connectivity index (χ3n) is 2.71. The predicted octanol–water partition coefficient (Wildman–Crippen LogP) is -1.25. The minimum Gasteiger partial charge on any atom is -0.480 e. The fourth-order valence-corrected chi connectivity index (χ4v) is 1.65. The van der Waals surface area contributed by atoms with Crippen LogP contribution < -0.4 is 16.4 Å². The highest BCUT2D eigenvalue weighted by molar-refractivity contribution is 5.90. The first kappa shape index (κ1) is 19.8. The van der Waals surface area contributed by atoms with E-state index in [2.05, 4.69) is 15.4 Å². The number of hydrogen-bond acceptors (Lipinski definition) is 6. The van der Waals surface area contributed by atoms with E-state index in [1.54, 1.807) is 0 Å². The summed E-state index contributed by atoms with van der Waals surface area (Å²) >= 11 is 0. The minimum absolute atomic E-state index is 0.336. The van der Waals surface area contributed by atoms with Gasteiger partial charge in [-0.25, -0.2) is 4.79 Å². The quantitative estimate of drug-likeness (QED) is 0.291. The normalized spacial score (nSPS) is 12.9. The molecule has 9 heteroatoms. The Balaban J connectivity index is 4.68. The number of unbranched alkanes of at least 4 members (excludes halogenated alkanes) is 1. The molecule has 2 atom stereocenters. The Morgan fingerprint density at radius 3 is 2.18 bits per heavy atom. The molecule has 0 saturated heterocycles. The number of carbonyl (C=O) groups excluding carboxylic acids is 3. The zero-order valence-electron chi connectivity index (χ0n) is 12.8. The molecule has 126 valence electrons. The van der Waals surface area contributed by atoms with Crippen molar-refractivity contribution in [3.8, 4) is 0 Å². The molecular formula is C13H23N3O6. The Kier molecular flexibility index (Phi) is 9.51. The highest BCUT2D eigenvalue weighted by Gasteiger charge is 2.26. The largest absolute Gasteiger partial charge is 0.480 e. The first-order valence-corrected chi connectivity index (χ1v) is 6.91. The average molecular weight is 317 g/mol. The molecule has 9 nitrogen and oxygen atoms in total. The van der Waals surface area contributed by atoms with Gasteiger partial charge in [0, 0.05) is 13.8 Å². The number of rotatable bonds is 10. The first-order valence-electron chi connectivity index (χ1n) is 6.91. The van der Waals surface area contributed by atoms with Crippen molar-refractivity contribution in [3.05, 3.63) is 0 Å². The van der Waals surface area contributed by atoms with Crippen molar-refractivity contribution in [3.63, 3.8) is 0 Å². The molecular weight excluding hydrogens is 294 g/mol. The monoisotopic (exact) mass is 317 g/mol. The molecule has 22 heavy (non-hydrogen) atoms. The van der Waals surface area contributed by atoms with Crippen molar-refractivity contribution in [2.24, 2.45) is 5.73 Å². The number of carboxylic acids is 1. The molecule has 0 aromatic heterocycles. The van der Waals surface area contributed by atoms with E-state index in [0.717, 1.165) is 6.92 Å². The van der Waals surface area contributed by atoms with Gasteiger partial charge in [-0.15, -0.1) is 0 Å². The SMILES string of the molecule is CC(=O)N[C@@H](CCCCN)C(=O)N[C@@H](COC(C)=O)C(=O)O. The van der Waals surface area contributed by atoms with Crippen LogP contribution in [0.1, 0.15) is 33.1 Å². The van der Waals surface area contributed by atoms with Gasteiger partial charge in [0.05, 0.1) is 0 Å². The molecule has 0 heterocycles. The highest BCUT2D eigenvalue weighted by Crippen LogP contribution is 2.02. The van der Waals surface area contributed by atoms with Crippen LogP contribution in [0.4, 0.5) is 0 Å². The number of carbonyl (C=O) groups is 4. The van der Waals surface area contributed by atoms with E-state index in [0.29, 0.717) is 25.8 Å². The van der Waals surface area contributed by atoms with Gasteiger partial charge in [0.2, 0.25) is 11.8 Å². The molecule has 0 aliphatic carbocycles. The predicted molar refractivity (Wildman–Crippen MR) is 76.7 cm³/mol. The maximum atomic E-state index is 12.1. The lowest BCUT2D eigenvalue weighted by Crippen LogP contribution is -2.52. The third-order valence-corrected chi connectivity index (χ3v) is 2.71.